The molecule has 1 aliphatic heterocycles. The number of rotatable bonds is 6. The molecule has 3 heterocycles. The highest BCUT2D eigenvalue weighted by Gasteiger charge is 2.23. The van der Waals surface area contributed by atoms with Crippen LogP contribution in [-0.2, 0) is 17.8 Å². The van der Waals surface area contributed by atoms with Crippen molar-refractivity contribution in [3.63, 3.8) is 0 Å². The van der Waals surface area contributed by atoms with E-state index in [9.17, 15) is 0 Å². The van der Waals surface area contributed by atoms with Crippen LogP contribution in [0.1, 0.15) is 17.3 Å². The van der Waals surface area contributed by atoms with Crippen molar-refractivity contribution >= 4 is 0 Å². The van der Waals surface area contributed by atoms with E-state index in [1.165, 1.54) is 0 Å². The summed E-state index contributed by atoms with van der Waals surface area (Å²) < 4.78 is 19.0. The maximum Gasteiger partial charge on any atom is 0.247 e. The number of hydrogen-bond donors (Lipinski definition) is 0. The number of methoxy groups -OCH3 is 1. The van der Waals surface area contributed by atoms with Gasteiger partial charge in [-0.2, -0.15) is 5.10 Å². The Morgan fingerprint density at radius 2 is 2.00 bits per heavy atom. The zero-order valence-corrected chi connectivity index (χ0v) is 16.5. The van der Waals surface area contributed by atoms with Crippen molar-refractivity contribution in [2.24, 2.45) is 0 Å². The molecule has 0 amide bonds. The summed E-state index contributed by atoms with van der Waals surface area (Å²) in [6, 6.07) is 9.67. The number of aryl methyl sites for hydroxylation is 2. The molecule has 8 heteroatoms. The third-order valence-electron chi connectivity index (χ3n) is 4.87. The lowest BCUT2D eigenvalue weighted by Gasteiger charge is -2.32. The maximum atomic E-state index is 5.93. The molecule has 3 aromatic rings. The second kappa shape index (κ2) is 8.12. The van der Waals surface area contributed by atoms with Crippen LogP contribution in [0.2, 0.25) is 0 Å². The minimum Gasteiger partial charge on any atom is -0.497 e. The van der Waals surface area contributed by atoms with Crippen molar-refractivity contribution in [3.05, 3.63) is 47.6 Å². The fourth-order valence-electron chi connectivity index (χ4n) is 3.45. The molecule has 8 nitrogen and oxygen atoms in total. The van der Waals surface area contributed by atoms with Crippen LogP contribution in [0.5, 0.6) is 5.75 Å². The first-order valence-electron chi connectivity index (χ1n) is 9.42. The Morgan fingerprint density at radius 1 is 1.18 bits per heavy atom. The van der Waals surface area contributed by atoms with Gasteiger partial charge in [0.05, 0.1) is 38.6 Å². The molecule has 0 aliphatic carbocycles. The first-order valence-corrected chi connectivity index (χ1v) is 9.42. The average molecular weight is 383 g/mol. The molecule has 1 aromatic carbocycles. The summed E-state index contributed by atoms with van der Waals surface area (Å²) in [5.41, 5.74) is 3.06. The third kappa shape index (κ3) is 4.23. The Balaban J connectivity index is 1.37. The summed E-state index contributed by atoms with van der Waals surface area (Å²) in [5.74, 6) is 1.92. The molecule has 148 valence electrons. The van der Waals surface area contributed by atoms with E-state index in [1.807, 2.05) is 35.9 Å². The Morgan fingerprint density at radius 3 is 2.71 bits per heavy atom. The molecule has 1 saturated heterocycles. The lowest BCUT2D eigenvalue weighted by Crippen LogP contribution is -2.44. The molecule has 0 bridgehead atoms. The zero-order valence-electron chi connectivity index (χ0n) is 16.5. The number of nitrogens with zero attached hydrogens (tertiary/aromatic N) is 5. The largest absolute Gasteiger partial charge is 0.497 e. The lowest BCUT2D eigenvalue weighted by atomic mass is 10.2. The van der Waals surface area contributed by atoms with Gasteiger partial charge in [-0.25, -0.2) is 0 Å². The predicted molar refractivity (Wildman–Crippen MR) is 103 cm³/mol. The van der Waals surface area contributed by atoms with Crippen LogP contribution >= 0.6 is 0 Å². The van der Waals surface area contributed by atoms with Crippen LogP contribution < -0.4 is 4.74 Å². The highest BCUT2D eigenvalue weighted by molar-refractivity contribution is 5.53. The predicted octanol–water partition coefficient (Wildman–Crippen LogP) is 2.46. The number of hydrogen-bond acceptors (Lipinski definition) is 7. The van der Waals surface area contributed by atoms with Crippen LogP contribution in [0.25, 0.3) is 11.5 Å². The van der Waals surface area contributed by atoms with Gasteiger partial charge in [0.15, 0.2) is 0 Å². The molecule has 0 spiro atoms. The van der Waals surface area contributed by atoms with E-state index in [2.05, 4.69) is 33.2 Å². The molecule has 2 aromatic heterocycles. The zero-order chi connectivity index (χ0) is 19.5. The number of ether oxygens (including phenoxy) is 2. The van der Waals surface area contributed by atoms with Crippen LogP contribution in [0.4, 0.5) is 0 Å². The standard InChI is InChI=1S/C20H25N5O3/c1-14-10-15(2)25(23-14)12-18-11-24(8-9-27-18)13-19-21-22-20(28-19)16-4-6-17(26-3)7-5-16/h4-7,10,18H,8-9,11-13H2,1-3H3. The number of aromatic nitrogens is 4. The van der Waals surface area contributed by atoms with Gasteiger partial charge in [-0.15, -0.1) is 10.2 Å². The third-order valence-corrected chi connectivity index (χ3v) is 4.87. The Labute approximate surface area is 164 Å². The first-order chi connectivity index (χ1) is 13.6. The summed E-state index contributed by atoms with van der Waals surface area (Å²) >= 11 is 0. The number of morpholine rings is 1. The van der Waals surface area contributed by atoms with Crippen LogP contribution in [0.3, 0.4) is 0 Å². The summed E-state index contributed by atoms with van der Waals surface area (Å²) in [4.78, 5) is 2.28. The molecule has 4 rings (SSSR count). The quantitative estimate of drug-likeness (QED) is 0.647. The van der Waals surface area contributed by atoms with Crippen LogP contribution in [-0.4, -0.2) is 57.8 Å². The maximum absolute atomic E-state index is 5.93. The summed E-state index contributed by atoms with van der Waals surface area (Å²) in [7, 11) is 1.64. The van der Waals surface area contributed by atoms with Gasteiger partial charge in [0.2, 0.25) is 11.8 Å². The normalized spacial score (nSPS) is 17.8. The van der Waals surface area contributed by atoms with E-state index in [0.29, 0.717) is 24.9 Å². The van der Waals surface area contributed by atoms with Gasteiger partial charge in [-0.3, -0.25) is 9.58 Å². The topological polar surface area (TPSA) is 78.4 Å². The summed E-state index contributed by atoms with van der Waals surface area (Å²) in [6.07, 6.45) is 0.0933. The fourth-order valence-corrected chi connectivity index (χ4v) is 3.45. The smallest absolute Gasteiger partial charge is 0.247 e. The molecule has 28 heavy (non-hydrogen) atoms. The fraction of sp³-hybridized carbons (Fsp3) is 0.450. The van der Waals surface area contributed by atoms with E-state index < -0.39 is 0 Å². The molecule has 1 aliphatic rings. The van der Waals surface area contributed by atoms with Gasteiger partial charge < -0.3 is 13.9 Å². The van der Waals surface area contributed by atoms with E-state index >= 15 is 0 Å². The van der Waals surface area contributed by atoms with Gasteiger partial charge in [0.1, 0.15) is 5.75 Å². The van der Waals surface area contributed by atoms with Crippen molar-refractivity contribution < 1.29 is 13.9 Å². The van der Waals surface area contributed by atoms with E-state index in [0.717, 1.165) is 42.3 Å². The van der Waals surface area contributed by atoms with Gasteiger partial charge in [0.25, 0.3) is 0 Å². The Hall–Kier alpha value is -2.71. The van der Waals surface area contributed by atoms with Gasteiger partial charge in [-0.1, -0.05) is 0 Å². The average Bonchev–Trinajstić information content (AvgIpc) is 3.28. The lowest BCUT2D eigenvalue weighted by molar-refractivity contribution is -0.0425. The first kappa shape index (κ1) is 18.6. The molecule has 1 atom stereocenters. The van der Waals surface area contributed by atoms with Crippen molar-refractivity contribution in [1.29, 1.82) is 0 Å². The van der Waals surface area contributed by atoms with Crippen molar-refractivity contribution in [3.8, 4) is 17.2 Å². The van der Waals surface area contributed by atoms with E-state index in [1.54, 1.807) is 7.11 Å². The highest BCUT2D eigenvalue weighted by Crippen LogP contribution is 2.22. The molecule has 1 fully saturated rings. The molecular formula is C20H25N5O3. The molecule has 0 radical (unpaired) electrons. The van der Waals surface area contributed by atoms with Gasteiger partial charge >= 0.3 is 0 Å². The van der Waals surface area contributed by atoms with Gasteiger partial charge in [-0.05, 0) is 44.2 Å². The Bertz CT molecular complexity index is 918. The van der Waals surface area contributed by atoms with Crippen LogP contribution in [0, 0.1) is 13.8 Å². The SMILES string of the molecule is COc1ccc(-c2nnc(CN3CCOC(Cn4nc(C)cc4C)C3)o2)cc1. The van der Waals surface area contributed by atoms with Crippen molar-refractivity contribution in [1.82, 2.24) is 24.9 Å². The molecule has 0 N–H and O–H groups in total. The van der Waals surface area contributed by atoms with Gasteiger partial charge in [0, 0.05) is 24.3 Å². The van der Waals surface area contributed by atoms with E-state index in [4.69, 9.17) is 13.9 Å². The second-order valence-corrected chi connectivity index (χ2v) is 7.07. The minimum absolute atomic E-state index is 0.0933. The summed E-state index contributed by atoms with van der Waals surface area (Å²) in [5, 5.41) is 12.9. The number of benzene rings is 1. The summed E-state index contributed by atoms with van der Waals surface area (Å²) in [6.45, 7) is 7.76. The molecular weight excluding hydrogens is 358 g/mol. The van der Waals surface area contributed by atoms with Crippen molar-refractivity contribution in [2.45, 2.75) is 33.0 Å². The molecule has 0 saturated carbocycles. The molecule has 1 unspecified atom stereocenters. The van der Waals surface area contributed by atoms with E-state index in [-0.39, 0.29) is 6.10 Å². The van der Waals surface area contributed by atoms with Crippen molar-refractivity contribution in [2.75, 3.05) is 26.8 Å². The van der Waals surface area contributed by atoms with Crippen LogP contribution in [0.15, 0.2) is 34.7 Å². The Kier molecular flexibility index (Phi) is 5.40. The monoisotopic (exact) mass is 383 g/mol. The second-order valence-electron chi connectivity index (χ2n) is 7.07. The highest BCUT2D eigenvalue weighted by atomic mass is 16.5. The minimum atomic E-state index is 0.0933.